The molecule has 0 amide bonds. The Bertz CT molecular complexity index is 393. The monoisotopic (exact) mass is 255 g/mol. The van der Waals surface area contributed by atoms with Crippen LogP contribution in [-0.4, -0.2) is 22.6 Å². The zero-order chi connectivity index (χ0) is 11.5. The molecule has 0 unspecified atom stereocenters. The zero-order valence-corrected chi connectivity index (χ0v) is 10.5. The Balaban J connectivity index is 2.12. The van der Waals surface area contributed by atoms with Crippen molar-refractivity contribution in [3.63, 3.8) is 0 Å². The molecule has 0 bridgehead atoms. The van der Waals surface area contributed by atoms with Crippen LogP contribution in [0.25, 0.3) is 0 Å². The molecule has 1 aromatic rings. The molecule has 0 atom stereocenters. The highest BCUT2D eigenvalue weighted by atomic mass is 35.5. The number of thiocarbonyl (C=S) groups is 1. The summed E-state index contributed by atoms with van der Waals surface area (Å²) in [5.74, 6) is 0. The molecule has 1 aliphatic rings. The van der Waals surface area contributed by atoms with Crippen molar-refractivity contribution in [1.29, 1.82) is 0 Å². The fraction of sp³-hybridized carbons (Fsp3) is 0.455. The van der Waals surface area contributed by atoms with Crippen molar-refractivity contribution in [2.45, 2.75) is 25.3 Å². The summed E-state index contributed by atoms with van der Waals surface area (Å²) in [7, 11) is 0. The molecule has 1 aliphatic carbocycles. The Labute approximate surface area is 106 Å². The highest BCUT2D eigenvalue weighted by molar-refractivity contribution is 7.80. The van der Waals surface area contributed by atoms with Gasteiger partial charge in [0, 0.05) is 31.4 Å². The number of nitrogens with two attached hydrogens (primary N) is 1. The van der Waals surface area contributed by atoms with Crippen molar-refractivity contribution in [2.75, 3.05) is 11.4 Å². The number of halogens is 1. The molecule has 2 rings (SSSR count). The van der Waals surface area contributed by atoms with Crippen LogP contribution >= 0.6 is 23.8 Å². The third-order valence-corrected chi connectivity index (χ3v) is 3.14. The van der Waals surface area contributed by atoms with Gasteiger partial charge in [0.05, 0.1) is 15.7 Å². The average molecular weight is 256 g/mol. The van der Waals surface area contributed by atoms with Crippen molar-refractivity contribution in [3.8, 4) is 0 Å². The minimum Gasteiger partial charge on any atom is -0.393 e. The van der Waals surface area contributed by atoms with Crippen LogP contribution in [0.5, 0.6) is 0 Å². The van der Waals surface area contributed by atoms with Crippen LogP contribution in [0.4, 0.5) is 5.69 Å². The van der Waals surface area contributed by atoms with Crippen LogP contribution in [0.15, 0.2) is 18.5 Å². The van der Waals surface area contributed by atoms with Gasteiger partial charge in [0.15, 0.2) is 0 Å². The first-order valence-electron chi connectivity index (χ1n) is 5.33. The van der Waals surface area contributed by atoms with E-state index in [0.29, 0.717) is 16.1 Å². The van der Waals surface area contributed by atoms with Crippen molar-refractivity contribution in [3.05, 3.63) is 23.5 Å². The van der Waals surface area contributed by atoms with Gasteiger partial charge in [-0.05, 0) is 18.9 Å². The fourth-order valence-electron chi connectivity index (χ4n) is 1.72. The fourth-order valence-corrected chi connectivity index (χ4v) is 2.04. The third kappa shape index (κ3) is 2.83. The number of pyridine rings is 1. The molecule has 1 fully saturated rings. The summed E-state index contributed by atoms with van der Waals surface area (Å²) >= 11 is 11.0. The number of hydrogen-bond donors (Lipinski definition) is 1. The first-order chi connectivity index (χ1) is 7.68. The van der Waals surface area contributed by atoms with Gasteiger partial charge in [-0.2, -0.15) is 0 Å². The van der Waals surface area contributed by atoms with E-state index < -0.39 is 0 Å². The largest absolute Gasteiger partial charge is 0.393 e. The molecular weight excluding hydrogens is 242 g/mol. The van der Waals surface area contributed by atoms with Crippen molar-refractivity contribution < 1.29 is 0 Å². The minimum absolute atomic E-state index is 0.552. The summed E-state index contributed by atoms with van der Waals surface area (Å²) < 4.78 is 0. The molecule has 16 heavy (non-hydrogen) atoms. The Morgan fingerprint density at radius 3 is 2.94 bits per heavy atom. The lowest BCUT2D eigenvalue weighted by Crippen LogP contribution is -2.29. The second-order valence-electron chi connectivity index (χ2n) is 3.97. The van der Waals surface area contributed by atoms with Crippen LogP contribution in [0.3, 0.4) is 0 Å². The highest BCUT2D eigenvalue weighted by Gasteiger charge is 2.30. The van der Waals surface area contributed by atoms with E-state index in [4.69, 9.17) is 29.6 Å². The van der Waals surface area contributed by atoms with Gasteiger partial charge in [-0.1, -0.05) is 23.8 Å². The Hall–Kier alpha value is -0.870. The quantitative estimate of drug-likeness (QED) is 0.821. The van der Waals surface area contributed by atoms with Gasteiger partial charge in [-0.25, -0.2) is 0 Å². The SMILES string of the molecule is NC(=S)CCN(c1ccncc1Cl)C1CC1. The zero-order valence-electron chi connectivity index (χ0n) is 8.90. The van der Waals surface area contributed by atoms with Crippen molar-refractivity contribution in [1.82, 2.24) is 4.98 Å². The lowest BCUT2D eigenvalue weighted by Gasteiger charge is -2.25. The molecule has 86 valence electrons. The first kappa shape index (κ1) is 11.6. The summed E-state index contributed by atoms with van der Waals surface area (Å²) in [5, 5.41) is 0.692. The summed E-state index contributed by atoms with van der Waals surface area (Å²) in [5.41, 5.74) is 6.57. The van der Waals surface area contributed by atoms with Crippen LogP contribution in [0.2, 0.25) is 5.02 Å². The Kier molecular flexibility index (Phi) is 3.61. The topological polar surface area (TPSA) is 42.1 Å². The van der Waals surface area contributed by atoms with E-state index in [0.717, 1.165) is 18.7 Å². The van der Waals surface area contributed by atoms with Crippen LogP contribution in [-0.2, 0) is 0 Å². The van der Waals surface area contributed by atoms with Crippen LogP contribution in [0.1, 0.15) is 19.3 Å². The predicted octanol–water partition coefficient (Wildman–Crippen LogP) is 2.38. The van der Waals surface area contributed by atoms with E-state index in [1.54, 1.807) is 12.4 Å². The lowest BCUT2D eigenvalue weighted by atomic mass is 10.3. The number of anilines is 1. The smallest absolute Gasteiger partial charge is 0.0822 e. The first-order valence-corrected chi connectivity index (χ1v) is 6.11. The molecule has 2 N–H and O–H groups in total. The molecule has 3 nitrogen and oxygen atoms in total. The van der Waals surface area contributed by atoms with Gasteiger partial charge in [-0.3, -0.25) is 4.98 Å². The number of hydrogen-bond acceptors (Lipinski definition) is 3. The van der Waals surface area contributed by atoms with Crippen molar-refractivity contribution in [2.24, 2.45) is 5.73 Å². The van der Waals surface area contributed by atoms with Gasteiger partial charge >= 0.3 is 0 Å². The van der Waals surface area contributed by atoms with Gasteiger partial charge < -0.3 is 10.6 Å². The second-order valence-corrected chi connectivity index (χ2v) is 4.90. The van der Waals surface area contributed by atoms with Crippen molar-refractivity contribution >= 4 is 34.5 Å². The summed E-state index contributed by atoms with van der Waals surface area (Å²) in [4.78, 5) is 6.83. The van der Waals surface area contributed by atoms with Gasteiger partial charge in [0.1, 0.15) is 0 Å². The molecule has 0 aliphatic heterocycles. The summed E-state index contributed by atoms with van der Waals surface area (Å²) in [6.45, 7) is 0.837. The number of rotatable bonds is 5. The normalized spacial score (nSPS) is 14.8. The van der Waals surface area contributed by atoms with E-state index >= 15 is 0 Å². The predicted molar refractivity (Wildman–Crippen MR) is 71.0 cm³/mol. The van der Waals surface area contributed by atoms with E-state index in [1.807, 2.05) is 6.07 Å². The third-order valence-electron chi connectivity index (χ3n) is 2.65. The standard InChI is InChI=1S/C11H14ClN3S/c12-9-7-14-5-3-10(9)15(8-1-2-8)6-4-11(13)16/h3,5,7-8H,1-2,4,6H2,(H2,13,16). The molecule has 0 saturated heterocycles. The van der Waals surface area contributed by atoms with Gasteiger partial charge in [0.2, 0.25) is 0 Å². The molecule has 0 aromatic carbocycles. The lowest BCUT2D eigenvalue weighted by molar-refractivity contribution is 0.801. The maximum absolute atomic E-state index is 6.14. The number of nitrogens with zero attached hydrogens (tertiary/aromatic N) is 2. The van der Waals surface area contributed by atoms with E-state index in [2.05, 4.69) is 9.88 Å². The molecule has 0 radical (unpaired) electrons. The maximum Gasteiger partial charge on any atom is 0.0822 e. The Morgan fingerprint density at radius 1 is 1.62 bits per heavy atom. The highest BCUT2D eigenvalue weighted by Crippen LogP contribution is 2.35. The van der Waals surface area contributed by atoms with Crippen LogP contribution in [0, 0.1) is 0 Å². The number of aromatic nitrogens is 1. The molecular formula is C11H14ClN3S. The molecule has 5 heteroatoms. The maximum atomic E-state index is 6.14. The van der Waals surface area contributed by atoms with E-state index in [9.17, 15) is 0 Å². The molecule has 0 spiro atoms. The minimum atomic E-state index is 0.552. The van der Waals surface area contributed by atoms with Gasteiger partial charge in [-0.15, -0.1) is 0 Å². The Morgan fingerprint density at radius 2 is 2.38 bits per heavy atom. The molecule has 1 aromatic heterocycles. The van der Waals surface area contributed by atoms with Crippen LogP contribution < -0.4 is 10.6 Å². The average Bonchev–Trinajstić information content (AvgIpc) is 3.04. The van der Waals surface area contributed by atoms with E-state index in [1.165, 1.54) is 12.8 Å². The summed E-state index contributed by atoms with van der Waals surface area (Å²) in [6, 6.07) is 2.54. The van der Waals surface area contributed by atoms with Gasteiger partial charge in [0.25, 0.3) is 0 Å². The molecule has 1 saturated carbocycles. The molecule has 1 heterocycles. The van der Waals surface area contributed by atoms with E-state index in [-0.39, 0.29) is 0 Å². The summed E-state index contributed by atoms with van der Waals surface area (Å²) in [6.07, 6.45) is 6.60. The second kappa shape index (κ2) is 4.97.